The minimum Gasteiger partial charge on any atom is -0.351 e. The Labute approximate surface area is 131 Å². The molecule has 0 spiro atoms. The Morgan fingerprint density at radius 2 is 1.86 bits per heavy atom. The third-order valence-electron chi connectivity index (χ3n) is 3.68. The predicted octanol–water partition coefficient (Wildman–Crippen LogP) is 2.35. The van der Waals surface area contributed by atoms with Crippen molar-refractivity contribution in [2.75, 3.05) is 13.1 Å². The third kappa shape index (κ3) is 3.24. The van der Waals surface area contributed by atoms with Crippen molar-refractivity contribution in [3.63, 3.8) is 0 Å². The number of hydrogen-bond acceptors (Lipinski definition) is 2. The lowest BCUT2D eigenvalue weighted by molar-refractivity contribution is -0.127. The van der Waals surface area contributed by atoms with Crippen LogP contribution in [0.15, 0.2) is 41.6 Å². The maximum Gasteiger partial charge on any atom is 0.253 e. The molecule has 1 unspecified atom stereocenters. The van der Waals surface area contributed by atoms with Gasteiger partial charge in [-0.2, -0.15) is 0 Å². The summed E-state index contributed by atoms with van der Waals surface area (Å²) in [6, 6.07) is 9.72. The van der Waals surface area contributed by atoms with Crippen molar-refractivity contribution in [3.8, 4) is 0 Å². The Morgan fingerprint density at radius 3 is 2.43 bits per heavy atom. The van der Waals surface area contributed by atoms with E-state index in [0.29, 0.717) is 18.2 Å². The molecule has 5 heteroatoms. The van der Waals surface area contributed by atoms with Crippen LogP contribution in [-0.4, -0.2) is 29.0 Å². The molecule has 4 nitrogen and oxygen atoms in total. The number of hydrogen-bond donors (Lipinski definition) is 2. The fraction of sp³-hybridized carbons (Fsp3) is 0.375. The first-order valence-electron chi connectivity index (χ1n) is 7.21. The number of carbonyl (C=O) groups excluding carboxylic acids is 1. The zero-order valence-electron chi connectivity index (χ0n) is 12.6. The van der Waals surface area contributed by atoms with E-state index in [1.54, 1.807) is 0 Å². The van der Waals surface area contributed by atoms with Crippen LogP contribution in [0.5, 0.6) is 0 Å². The lowest BCUT2D eigenvalue weighted by Crippen LogP contribution is -2.47. The number of rotatable bonds is 4. The monoisotopic (exact) mass is 303 g/mol. The van der Waals surface area contributed by atoms with Crippen molar-refractivity contribution < 1.29 is 4.79 Å². The Morgan fingerprint density at radius 1 is 1.24 bits per heavy atom. The highest BCUT2D eigenvalue weighted by molar-refractivity contribution is 7.80. The molecule has 0 bridgehead atoms. The van der Waals surface area contributed by atoms with Gasteiger partial charge in [0.25, 0.3) is 5.91 Å². The fourth-order valence-corrected chi connectivity index (χ4v) is 2.82. The zero-order valence-corrected chi connectivity index (χ0v) is 13.5. The van der Waals surface area contributed by atoms with E-state index in [9.17, 15) is 4.79 Å². The Kier molecular flexibility index (Phi) is 4.96. The minimum absolute atomic E-state index is 0.0499. The fourth-order valence-electron chi connectivity index (χ4n) is 2.55. The summed E-state index contributed by atoms with van der Waals surface area (Å²) in [5, 5.41) is 6.83. The maximum atomic E-state index is 12.8. The Balaban J connectivity index is 2.44. The molecule has 1 heterocycles. The number of carbonyl (C=O) groups is 1. The molecule has 0 saturated carbocycles. The summed E-state index contributed by atoms with van der Waals surface area (Å²) in [6.07, 6.45) is 0. The first kappa shape index (κ1) is 15.5. The molecule has 0 saturated heterocycles. The molecular weight excluding hydrogens is 282 g/mol. The molecule has 1 aromatic carbocycles. The van der Waals surface area contributed by atoms with Crippen molar-refractivity contribution in [3.05, 3.63) is 47.2 Å². The number of allylic oxidation sites excluding steroid dienone is 1. The molecule has 112 valence electrons. The van der Waals surface area contributed by atoms with E-state index >= 15 is 0 Å². The molecule has 1 amide bonds. The van der Waals surface area contributed by atoms with Crippen molar-refractivity contribution in [1.29, 1.82) is 0 Å². The highest BCUT2D eigenvalue weighted by Gasteiger charge is 2.31. The standard InChI is InChI=1S/C16H21N3OS/c1-4-19(5-2)15(20)13-11(3)17-16(21)18-14(13)12-9-7-6-8-10-12/h6-10,14H,4-5H2,1-3H3,(H2,17,18,21). The summed E-state index contributed by atoms with van der Waals surface area (Å²) in [7, 11) is 0. The van der Waals surface area contributed by atoms with Gasteiger partial charge in [-0.3, -0.25) is 4.79 Å². The average molecular weight is 303 g/mol. The van der Waals surface area contributed by atoms with E-state index in [1.165, 1.54) is 0 Å². The number of nitrogens with zero attached hydrogens (tertiary/aromatic N) is 1. The lowest BCUT2D eigenvalue weighted by atomic mass is 9.94. The van der Waals surface area contributed by atoms with Crippen LogP contribution in [0.3, 0.4) is 0 Å². The third-order valence-corrected chi connectivity index (χ3v) is 3.90. The van der Waals surface area contributed by atoms with Gasteiger partial charge >= 0.3 is 0 Å². The molecule has 1 aliphatic rings. The molecule has 0 aromatic heterocycles. The van der Waals surface area contributed by atoms with Crippen LogP contribution < -0.4 is 10.6 Å². The van der Waals surface area contributed by atoms with Crippen molar-refractivity contribution in [2.24, 2.45) is 0 Å². The second-order valence-corrected chi connectivity index (χ2v) is 5.37. The van der Waals surface area contributed by atoms with Gasteiger partial charge in [0.15, 0.2) is 5.11 Å². The first-order chi connectivity index (χ1) is 10.1. The normalized spacial score (nSPS) is 18.0. The summed E-state index contributed by atoms with van der Waals surface area (Å²) in [5.74, 6) is 0.0499. The van der Waals surface area contributed by atoms with Crippen molar-refractivity contribution >= 4 is 23.2 Å². The highest BCUT2D eigenvalue weighted by Crippen LogP contribution is 2.27. The average Bonchev–Trinajstić information content (AvgIpc) is 2.48. The summed E-state index contributed by atoms with van der Waals surface area (Å²) in [4.78, 5) is 14.6. The minimum atomic E-state index is -0.201. The Hall–Kier alpha value is -1.88. The second kappa shape index (κ2) is 6.72. The second-order valence-electron chi connectivity index (χ2n) is 4.96. The van der Waals surface area contributed by atoms with Crippen LogP contribution in [0.2, 0.25) is 0 Å². The maximum absolute atomic E-state index is 12.8. The first-order valence-corrected chi connectivity index (χ1v) is 7.61. The molecule has 1 aromatic rings. The quantitative estimate of drug-likeness (QED) is 0.838. The summed E-state index contributed by atoms with van der Waals surface area (Å²) < 4.78 is 0. The van der Waals surface area contributed by atoms with Gasteiger partial charge in [0.1, 0.15) is 0 Å². The van der Waals surface area contributed by atoms with Crippen LogP contribution in [0.25, 0.3) is 0 Å². The van der Waals surface area contributed by atoms with Crippen molar-refractivity contribution in [1.82, 2.24) is 15.5 Å². The number of thiocarbonyl (C=S) groups is 1. The molecule has 2 N–H and O–H groups in total. The van der Waals surface area contributed by atoms with Gasteiger partial charge in [0.2, 0.25) is 0 Å². The van der Waals surface area contributed by atoms with E-state index in [1.807, 2.05) is 56.0 Å². The molecule has 21 heavy (non-hydrogen) atoms. The smallest absolute Gasteiger partial charge is 0.253 e. The predicted molar refractivity (Wildman–Crippen MR) is 88.7 cm³/mol. The molecule has 0 radical (unpaired) electrons. The van der Waals surface area contributed by atoms with Crippen LogP contribution in [0.4, 0.5) is 0 Å². The summed E-state index contributed by atoms with van der Waals surface area (Å²) in [6.45, 7) is 7.27. The van der Waals surface area contributed by atoms with Gasteiger partial charge in [0, 0.05) is 18.8 Å². The summed E-state index contributed by atoms with van der Waals surface area (Å²) in [5.41, 5.74) is 2.60. The highest BCUT2D eigenvalue weighted by atomic mass is 32.1. The van der Waals surface area contributed by atoms with E-state index in [-0.39, 0.29) is 11.9 Å². The zero-order chi connectivity index (χ0) is 15.4. The van der Waals surface area contributed by atoms with E-state index in [2.05, 4.69) is 10.6 Å². The molecule has 0 aliphatic carbocycles. The largest absolute Gasteiger partial charge is 0.351 e. The van der Waals surface area contributed by atoms with Gasteiger partial charge in [-0.15, -0.1) is 0 Å². The van der Waals surface area contributed by atoms with Gasteiger partial charge < -0.3 is 15.5 Å². The molecular formula is C16H21N3OS. The van der Waals surface area contributed by atoms with Gasteiger partial charge in [-0.25, -0.2) is 0 Å². The van der Waals surface area contributed by atoms with Gasteiger partial charge in [0.05, 0.1) is 11.6 Å². The number of benzene rings is 1. The molecule has 0 fully saturated rings. The SMILES string of the molecule is CCN(CC)C(=O)C1=C(C)NC(=S)NC1c1ccccc1. The lowest BCUT2D eigenvalue weighted by Gasteiger charge is -2.33. The van der Waals surface area contributed by atoms with E-state index < -0.39 is 0 Å². The molecule has 1 atom stereocenters. The Bertz CT molecular complexity index is 564. The van der Waals surface area contributed by atoms with Crippen LogP contribution in [0.1, 0.15) is 32.4 Å². The number of likely N-dealkylation sites (N-methyl/N-ethyl adjacent to an activating group) is 1. The van der Waals surface area contributed by atoms with Crippen LogP contribution >= 0.6 is 12.2 Å². The van der Waals surface area contributed by atoms with E-state index in [4.69, 9.17) is 12.2 Å². The summed E-state index contributed by atoms with van der Waals surface area (Å²) >= 11 is 5.24. The number of amides is 1. The van der Waals surface area contributed by atoms with Crippen molar-refractivity contribution in [2.45, 2.75) is 26.8 Å². The van der Waals surface area contributed by atoms with Crippen LogP contribution in [0, 0.1) is 0 Å². The number of nitrogens with one attached hydrogen (secondary N) is 2. The molecule has 1 aliphatic heterocycles. The van der Waals surface area contributed by atoms with E-state index in [0.717, 1.165) is 16.8 Å². The van der Waals surface area contributed by atoms with Crippen LogP contribution in [-0.2, 0) is 4.79 Å². The topological polar surface area (TPSA) is 44.4 Å². The van der Waals surface area contributed by atoms with Gasteiger partial charge in [-0.05, 0) is 38.6 Å². The van der Waals surface area contributed by atoms with Gasteiger partial charge in [-0.1, -0.05) is 30.3 Å². The molecule has 2 rings (SSSR count).